The molecule has 31 heavy (non-hydrogen) atoms. The van der Waals surface area contributed by atoms with Gasteiger partial charge in [-0.2, -0.15) is 5.10 Å². The Kier molecular flexibility index (Phi) is 5.38. The predicted molar refractivity (Wildman–Crippen MR) is 125 cm³/mol. The summed E-state index contributed by atoms with van der Waals surface area (Å²) in [6.07, 6.45) is 4.06. The lowest BCUT2D eigenvalue weighted by Crippen LogP contribution is -2.43. The quantitative estimate of drug-likeness (QED) is 0.493. The first kappa shape index (κ1) is 19.7. The minimum absolute atomic E-state index is 0.587. The van der Waals surface area contributed by atoms with E-state index in [-0.39, 0.29) is 0 Å². The number of benzene rings is 2. The van der Waals surface area contributed by atoms with Crippen LogP contribution in [0.1, 0.15) is 18.4 Å². The van der Waals surface area contributed by atoms with Gasteiger partial charge >= 0.3 is 0 Å². The SMILES string of the molecule is CN(Cc1ccccc1)C1CCN(c2nnc(-c3ccnn3C)c3ccccc23)CC1. The van der Waals surface area contributed by atoms with Gasteiger partial charge in [-0.1, -0.05) is 54.6 Å². The largest absolute Gasteiger partial charge is 0.354 e. The van der Waals surface area contributed by atoms with Crippen molar-refractivity contribution in [2.24, 2.45) is 7.05 Å². The summed E-state index contributed by atoms with van der Waals surface area (Å²) in [5, 5.41) is 15.9. The molecule has 0 unspecified atom stereocenters. The van der Waals surface area contributed by atoms with Crippen molar-refractivity contribution in [3.8, 4) is 11.4 Å². The molecule has 2 aromatic heterocycles. The molecule has 5 rings (SSSR count). The fourth-order valence-electron chi connectivity index (χ4n) is 4.64. The lowest BCUT2D eigenvalue weighted by molar-refractivity contribution is 0.200. The van der Waals surface area contributed by atoms with Gasteiger partial charge in [0, 0.05) is 49.7 Å². The molecule has 0 radical (unpaired) electrons. The standard InChI is InChI=1S/C25H28N6/c1-29(18-19-8-4-3-5-9-19)20-13-16-31(17-14-20)25-22-11-7-6-10-21(22)24(27-28-25)23-12-15-26-30(23)2/h3-12,15,20H,13-14,16-18H2,1-2H3. The second-order valence-corrected chi connectivity index (χ2v) is 8.38. The van der Waals surface area contributed by atoms with Crippen LogP contribution in [-0.2, 0) is 13.6 Å². The van der Waals surface area contributed by atoms with E-state index in [1.165, 1.54) is 5.56 Å². The van der Waals surface area contributed by atoms with E-state index in [0.717, 1.165) is 60.5 Å². The monoisotopic (exact) mass is 412 g/mol. The Morgan fingerprint density at radius 2 is 1.61 bits per heavy atom. The van der Waals surface area contributed by atoms with E-state index in [4.69, 9.17) is 0 Å². The highest BCUT2D eigenvalue weighted by molar-refractivity contribution is 5.99. The van der Waals surface area contributed by atoms with E-state index in [9.17, 15) is 0 Å². The van der Waals surface area contributed by atoms with Crippen molar-refractivity contribution in [3.63, 3.8) is 0 Å². The molecular weight excluding hydrogens is 384 g/mol. The first-order chi connectivity index (χ1) is 15.2. The maximum absolute atomic E-state index is 4.69. The molecule has 2 aromatic carbocycles. The molecule has 0 spiro atoms. The van der Waals surface area contributed by atoms with Crippen molar-refractivity contribution in [2.75, 3.05) is 25.0 Å². The van der Waals surface area contributed by atoms with Crippen molar-refractivity contribution in [1.82, 2.24) is 24.9 Å². The van der Waals surface area contributed by atoms with Gasteiger partial charge in [0.15, 0.2) is 5.82 Å². The molecule has 1 fully saturated rings. The average Bonchev–Trinajstić information content (AvgIpc) is 3.24. The summed E-state index contributed by atoms with van der Waals surface area (Å²) in [5.74, 6) is 0.991. The van der Waals surface area contributed by atoms with Crippen LogP contribution in [0, 0.1) is 0 Å². The number of piperidine rings is 1. The molecule has 6 heteroatoms. The highest BCUT2D eigenvalue weighted by Crippen LogP contribution is 2.32. The third-order valence-electron chi connectivity index (χ3n) is 6.39. The van der Waals surface area contributed by atoms with Gasteiger partial charge < -0.3 is 4.90 Å². The van der Waals surface area contributed by atoms with Crippen LogP contribution >= 0.6 is 0 Å². The Bertz CT molecular complexity index is 1160. The highest BCUT2D eigenvalue weighted by atomic mass is 15.3. The Morgan fingerprint density at radius 3 is 2.32 bits per heavy atom. The molecule has 1 saturated heterocycles. The average molecular weight is 413 g/mol. The molecule has 0 saturated carbocycles. The second kappa shape index (κ2) is 8.47. The molecule has 0 atom stereocenters. The zero-order valence-electron chi connectivity index (χ0n) is 18.1. The van der Waals surface area contributed by atoms with Gasteiger partial charge in [-0.05, 0) is 31.5 Å². The summed E-state index contributed by atoms with van der Waals surface area (Å²) in [6.45, 7) is 2.98. The maximum atomic E-state index is 4.69. The van der Waals surface area contributed by atoms with Crippen LogP contribution in [-0.4, -0.2) is 51.1 Å². The predicted octanol–water partition coefficient (Wildman–Crippen LogP) is 4.13. The van der Waals surface area contributed by atoms with Crippen LogP contribution in [0.15, 0.2) is 66.9 Å². The van der Waals surface area contributed by atoms with E-state index in [0.29, 0.717) is 6.04 Å². The topological polar surface area (TPSA) is 50.1 Å². The van der Waals surface area contributed by atoms with Gasteiger partial charge in [0.05, 0.1) is 5.69 Å². The number of aryl methyl sites for hydroxylation is 1. The normalized spacial score (nSPS) is 15.1. The molecule has 1 aliphatic rings. The summed E-state index contributed by atoms with van der Waals surface area (Å²) in [4.78, 5) is 4.89. The molecule has 6 nitrogen and oxygen atoms in total. The number of fused-ring (bicyclic) bond motifs is 1. The van der Waals surface area contributed by atoms with E-state index in [1.807, 2.05) is 17.8 Å². The van der Waals surface area contributed by atoms with Gasteiger partial charge in [-0.15, -0.1) is 10.2 Å². The van der Waals surface area contributed by atoms with Gasteiger partial charge in [0.25, 0.3) is 0 Å². The molecule has 1 aliphatic heterocycles. The molecule has 0 bridgehead atoms. The molecule has 0 N–H and O–H groups in total. The first-order valence-electron chi connectivity index (χ1n) is 10.9. The third-order valence-corrected chi connectivity index (χ3v) is 6.39. The van der Waals surface area contributed by atoms with E-state index in [2.05, 4.69) is 86.7 Å². The molecular formula is C25H28N6. The van der Waals surface area contributed by atoms with Crippen molar-refractivity contribution < 1.29 is 0 Å². The Morgan fingerprint density at radius 1 is 0.903 bits per heavy atom. The van der Waals surface area contributed by atoms with Crippen LogP contribution in [0.3, 0.4) is 0 Å². The Hall–Kier alpha value is -3.25. The second-order valence-electron chi connectivity index (χ2n) is 8.38. The van der Waals surface area contributed by atoms with Crippen LogP contribution in [0.2, 0.25) is 0 Å². The number of anilines is 1. The molecule has 3 heterocycles. The van der Waals surface area contributed by atoms with Gasteiger partial charge in [-0.25, -0.2) is 0 Å². The number of rotatable bonds is 5. The summed E-state index contributed by atoms with van der Waals surface area (Å²) in [7, 11) is 4.18. The summed E-state index contributed by atoms with van der Waals surface area (Å²) in [6, 6.07) is 21.7. The lowest BCUT2D eigenvalue weighted by atomic mass is 10.0. The number of aromatic nitrogens is 4. The van der Waals surface area contributed by atoms with Crippen molar-refractivity contribution in [3.05, 3.63) is 72.4 Å². The van der Waals surface area contributed by atoms with E-state index >= 15 is 0 Å². The zero-order chi connectivity index (χ0) is 21.2. The number of nitrogens with zero attached hydrogens (tertiary/aromatic N) is 6. The molecule has 0 aliphatic carbocycles. The van der Waals surface area contributed by atoms with Gasteiger partial charge in [0.2, 0.25) is 0 Å². The third kappa shape index (κ3) is 3.91. The van der Waals surface area contributed by atoms with Gasteiger partial charge in [-0.3, -0.25) is 9.58 Å². The molecule has 0 amide bonds. The van der Waals surface area contributed by atoms with Crippen LogP contribution in [0.25, 0.3) is 22.2 Å². The lowest BCUT2D eigenvalue weighted by Gasteiger charge is -2.37. The van der Waals surface area contributed by atoms with Gasteiger partial charge in [0.1, 0.15) is 5.69 Å². The fraction of sp³-hybridized carbons (Fsp3) is 0.320. The summed E-state index contributed by atoms with van der Waals surface area (Å²) < 4.78 is 1.85. The van der Waals surface area contributed by atoms with Crippen molar-refractivity contribution in [1.29, 1.82) is 0 Å². The minimum Gasteiger partial charge on any atom is -0.354 e. The minimum atomic E-state index is 0.587. The Balaban J connectivity index is 1.35. The summed E-state index contributed by atoms with van der Waals surface area (Å²) >= 11 is 0. The van der Waals surface area contributed by atoms with Crippen molar-refractivity contribution in [2.45, 2.75) is 25.4 Å². The maximum Gasteiger partial charge on any atom is 0.159 e. The first-order valence-corrected chi connectivity index (χ1v) is 10.9. The van der Waals surface area contributed by atoms with Crippen LogP contribution in [0.4, 0.5) is 5.82 Å². The van der Waals surface area contributed by atoms with Crippen LogP contribution < -0.4 is 4.90 Å². The number of hydrogen-bond acceptors (Lipinski definition) is 5. The molecule has 158 valence electrons. The van der Waals surface area contributed by atoms with Crippen molar-refractivity contribution >= 4 is 16.6 Å². The molecule has 4 aromatic rings. The number of hydrogen-bond donors (Lipinski definition) is 0. The Labute approximate surface area is 183 Å². The van der Waals surface area contributed by atoms with E-state index < -0.39 is 0 Å². The highest BCUT2D eigenvalue weighted by Gasteiger charge is 2.25. The zero-order valence-corrected chi connectivity index (χ0v) is 18.1. The fourth-order valence-corrected chi connectivity index (χ4v) is 4.64. The van der Waals surface area contributed by atoms with E-state index in [1.54, 1.807) is 6.20 Å². The van der Waals surface area contributed by atoms with Crippen LogP contribution in [0.5, 0.6) is 0 Å². The smallest absolute Gasteiger partial charge is 0.159 e. The summed E-state index contributed by atoms with van der Waals surface area (Å²) in [5.41, 5.74) is 3.24.